The van der Waals surface area contributed by atoms with Crippen LogP contribution in [0.2, 0.25) is 0 Å². The molecule has 0 fully saturated rings. The maximum Gasteiger partial charge on any atom is 0.574 e. The molecule has 2 aliphatic carbocycles. The third-order valence-corrected chi connectivity index (χ3v) is 5.65. The molecule has 0 amide bonds. The number of hydrogen-bond donors (Lipinski definition) is 3. The Balaban J connectivity index is 1.96. The minimum Gasteiger partial charge on any atom is -0.512 e. The summed E-state index contributed by atoms with van der Waals surface area (Å²) in [5, 5.41) is 32.2. The van der Waals surface area contributed by atoms with E-state index in [0.717, 1.165) is 11.6 Å². The molecule has 3 unspecified atom stereocenters. The number of alkyl halides is 3. The van der Waals surface area contributed by atoms with Gasteiger partial charge in [-0.1, -0.05) is 12.7 Å². The van der Waals surface area contributed by atoms with Gasteiger partial charge in [-0.05, 0) is 67.5 Å². The minimum absolute atomic E-state index is 0.0703. The molecule has 0 radical (unpaired) electrons. The molecule has 0 spiro atoms. The molecule has 0 saturated carbocycles. The van der Waals surface area contributed by atoms with Crippen molar-refractivity contribution >= 4 is 5.57 Å². The van der Waals surface area contributed by atoms with E-state index in [2.05, 4.69) is 16.3 Å². The maximum atomic E-state index is 12.3. The molecule has 2 aliphatic rings. The van der Waals surface area contributed by atoms with Crippen molar-refractivity contribution in [2.24, 2.45) is 11.8 Å². The summed E-state index contributed by atoms with van der Waals surface area (Å²) in [6.45, 7) is 7.33. The molecular weight excluding hydrogens is 399 g/mol. The highest BCUT2D eigenvalue weighted by Crippen LogP contribution is 2.46. The van der Waals surface area contributed by atoms with Gasteiger partial charge in [-0.15, -0.1) is 13.2 Å². The van der Waals surface area contributed by atoms with Gasteiger partial charge in [-0.3, -0.25) is 0 Å². The van der Waals surface area contributed by atoms with Crippen LogP contribution >= 0.6 is 0 Å². The fraction of sp³-hybridized carbons (Fsp3) is 0.409. The minimum atomic E-state index is -4.84. The zero-order valence-electron chi connectivity index (χ0n) is 16.6. The first-order valence-electron chi connectivity index (χ1n) is 9.51. The number of allylic oxidation sites excluding steroid dienone is 3. The van der Waals surface area contributed by atoms with Crippen LogP contribution < -0.4 is 4.74 Å². The van der Waals surface area contributed by atoms with E-state index in [0.29, 0.717) is 29.6 Å². The van der Waals surface area contributed by atoms with Gasteiger partial charge in [-0.2, -0.15) is 0 Å². The van der Waals surface area contributed by atoms with Crippen molar-refractivity contribution in [1.29, 1.82) is 0 Å². The summed E-state index contributed by atoms with van der Waals surface area (Å²) in [6, 6.07) is 2.43. The number of halogens is 3. The van der Waals surface area contributed by atoms with Crippen LogP contribution in [0.25, 0.3) is 5.57 Å². The Kier molecular flexibility index (Phi) is 5.84. The van der Waals surface area contributed by atoms with E-state index in [1.54, 1.807) is 13.8 Å². The first-order chi connectivity index (χ1) is 13.9. The smallest absolute Gasteiger partial charge is 0.512 e. The SMILES string of the molecule is C=C(C)C1(O)C=C(c2ccc(OC(F)(F)F)nc2)C=C(O)[C@@H]1C1C=C(C)C(O)CC1. The van der Waals surface area contributed by atoms with Gasteiger partial charge in [0.15, 0.2) is 0 Å². The summed E-state index contributed by atoms with van der Waals surface area (Å²) >= 11 is 0. The molecule has 0 saturated heterocycles. The topological polar surface area (TPSA) is 82.8 Å². The lowest BCUT2D eigenvalue weighted by molar-refractivity contribution is -0.276. The largest absolute Gasteiger partial charge is 0.574 e. The molecule has 162 valence electrons. The quantitative estimate of drug-likeness (QED) is 0.623. The van der Waals surface area contributed by atoms with E-state index in [4.69, 9.17) is 0 Å². The van der Waals surface area contributed by atoms with Crippen LogP contribution in [0.1, 0.15) is 32.3 Å². The van der Waals surface area contributed by atoms with Crippen molar-refractivity contribution < 1.29 is 33.2 Å². The number of ether oxygens (including phenoxy) is 1. The number of aromatic nitrogens is 1. The summed E-state index contributed by atoms with van der Waals surface area (Å²) < 4.78 is 40.8. The van der Waals surface area contributed by atoms with E-state index in [-0.39, 0.29) is 11.7 Å². The maximum absolute atomic E-state index is 12.3. The van der Waals surface area contributed by atoms with Crippen molar-refractivity contribution in [3.63, 3.8) is 0 Å². The van der Waals surface area contributed by atoms with Gasteiger partial charge in [0, 0.05) is 17.8 Å². The summed E-state index contributed by atoms with van der Waals surface area (Å²) in [7, 11) is 0. The molecule has 1 aromatic heterocycles. The normalized spacial score (nSPS) is 29.6. The Labute approximate surface area is 172 Å². The molecule has 30 heavy (non-hydrogen) atoms. The summed E-state index contributed by atoms with van der Waals surface area (Å²) in [4.78, 5) is 3.65. The molecule has 0 bridgehead atoms. The zero-order chi connectivity index (χ0) is 22.3. The number of aliphatic hydroxyl groups is 3. The lowest BCUT2D eigenvalue weighted by atomic mass is 9.66. The third kappa shape index (κ3) is 4.44. The molecule has 3 N–H and O–H groups in total. The van der Waals surface area contributed by atoms with E-state index in [1.165, 1.54) is 24.4 Å². The molecular formula is C22H24F3NO4. The highest BCUT2D eigenvalue weighted by molar-refractivity contribution is 5.77. The number of aliphatic hydroxyl groups excluding tert-OH is 2. The van der Waals surface area contributed by atoms with Crippen molar-refractivity contribution in [1.82, 2.24) is 4.98 Å². The zero-order valence-corrected chi connectivity index (χ0v) is 16.6. The first kappa shape index (κ1) is 22.1. The van der Waals surface area contributed by atoms with E-state index in [9.17, 15) is 28.5 Å². The summed E-state index contributed by atoms with van der Waals surface area (Å²) in [5.74, 6) is -1.59. The third-order valence-electron chi connectivity index (χ3n) is 5.65. The number of hydrogen-bond acceptors (Lipinski definition) is 5. The van der Waals surface area contributed by atoms with Gasteiger partial charge < -0.3 is 20.1 Å². The Morgan fingerprint density at radius 1 is 1.30 bits per heavy atom. The molecule has 1 aromatic rings. The van der Waals surface area contributed by atoms with Gasteiger partial charge in [0.25, 0.3) is 0 Å². The molecule has 0 aliphatic heterocycles. The van der Waals surface area contributed by atoms with Crippen molar-refractivity contribution in [3.8, 4) is 5.88 Å². The second kappa shape index (κ2) is 7.92. The fourth-order valence-electron chi connectivity index (χ4n) is 4.05. The number of pyridine rings is 1. The van der Waals surface area contributed by atoms with Crippen LogP contribution in [0.3, 0.4) is 0 Å². The summed E-state index contributed by atoms with van der Waals surface area (Å²) in [6.07, 6.45) is 1.76. The second-order valence-electron chi connectivity index (χ2n) is 7.85. The van der Waals surface area contributed by atoms with Crippen LogP contribution in [-0.2, 0) is 0 Å². The average molecular weight is 423 g/mol. The highest BCUT2D eigenvalue weighted by atomic mass is 19.4. The molecule has 0 aromatic carbocycles. The second-order valence-corrected chi connectivity index (χ2v) is 7.85. The number of nitrogens with zero attached hydrogens (tertiary/aromatic N) is 1. The predicted octanol–water partition coefficient (Wildman–Crippen LogP) is 4.46. The average Bonchev–Trinajstić information content (AvgIpc) is 2.63. The lowest BCUT2D eigenvalue weighted by Crippen LogP contribution is -2.44. The van der Waals surface area contributed by atoms with Gasteiger partial charge >= 0.3 is 6.36 Å². The predicted molar refractivity (Wildman–Crippen MR) is 105 cm³/mol. The van der Waals surface area contributed by atoms with Gasteiger partial charge in [0.05, 0.1) is 12.0 Å². The Morgan fingerprint density at radius 2 is 2.00 bits per heavy atom. The standard InChI is InChI=1S/C22H24F3NO4/c1-12(2)21(29)10-16(15-5-7-19(26-11-15)30-22(23,24)25)9-18(28)20(21)14-4-6-17(27)13(3)8-14/h5,7-11,14,17,20,27-29H,1,4,6H2,2-3H3/t14?,17?,20-,21?/m0/s1. The highest BCUT2D eigenvalue weighted by Gasteiger charge is 2.45. The van der Waals surface area contributed by atoms with Crippen molar-refractivity contribution in [3.05, 3.63) is 65.6 Å². The van der Waals surface area contributed by atoms with Gasteiger partial charge in [0.2, 0.25) is 5.88 Å². The Hall–Kier alpha value is -2.58. The van der Waals surface area contributed by atoms with Crippen molar-refractivity contribution in [2.75, 3.05) is 0 Å². The van der Waals surface area contributed by atoms with Crippen LogP contribution in [0.15, 0.2) is 60.0 Å². The van der Waals surface area contributed by atoms with E-state index >= 15 is 0 Å². The summed E-state index contributed by atoms with van der Waals surface area (Å²) in [5.41, 5.74) is 0.407. The van der Waals surface area contributed by atoms with Gasteiger partial charge in [-0.25, -0.2) is 4.98 Å². The molecule has 8 heteroatoms. The molecule has 5 nitrogen and oxygen atoms in total. The molecule has 1 heterocycles. The van der Waals surface area contributed by atoms with Crippen LogP contribution in [0.5, 0.6) is 5.88 Å². The van der Waals surface area contributed by atoms with Crippen LogP contribution in [0, 0.1) is 11.8 Å². The Morgan fingerprint density at radius 3 is 2.53 bits per heavy atom. The van der Waals surface area contributed by atoms with Gasteiger partial charge in [0.1, 0.15) is 11.4 Å². The van der Waals surface area contributed by atoms with E-state index < -0.39 is 29.9 Å². The molecule has 4 atom stereocenters. The number of rotatable bonds is 4. The van der Waals surface area contributed by atoms with Crippen LogP contribution in [0.4, 0.5) is 13.2 Å². The Bertz CT molecular complexity index is 917. The lowest BCUT2D eigenvalue weighted by Gasteiger charge is -2.42. The first-order valence-corrected chi connectivity index (χ1v) is 9.51. The monoisotopic (exact) mass is 423 g/mol. The van der Waals surface area contributed by atoms with E-state index in [1.807, 2.05) is 6.08 Å². The van der Waals surface area contributed by atoms with Crippen molar-refractivity contribution in [2.45, 2.75) is 44.8 Å². The van der Waals surface area contributed by atoms with Crippen LogP contribution in [-0.4, -0.2) is 38.4 Å². The molecule has 3 rings (SSSR count). The fourth-order valence-corrected chi connectivity index (χ4v) is 4.05.